The van der Waals surface area contributed by atoms with Crippen molar-refractivity contribution < 1.29 is 13.5 Å². The number of aliphatic hydroxyl groups excluding tert-OH is 1. The smallest absolute Gasteiger partial charge is 0.204 e. The van der Waals surface area contributed by atoms with Gasteiger partial charge in [-0.1, -0.05) is 6.92 Å². The van der Waals surface area contributed by atoms with Crippen LogP contribution in [0.5, 0.6) is 0 Å². The lowest BCUT2D eigenvalue weighted by molar-refractivity contribution is 0.302. The minimum atomic E-state index is -2.66. The molecular weight excluding hydrogens is 406 g/mol. The predicted molar refractivity (Wildman–Crippen MR) is 118 cm³/mol. The molecule has 0 aliphatic carbocycles. The number of hydrogen-bond acceptors (Lipinski definition) is 8. The van der Waals surface area contributed by atoms with E-state index in [1.165, 1.54) is 4.79 Å². The summed E-state index contributed by atoms with van der Waals surface area (Å²) in [4.78, 5) is 12.9. The molecule has 0 bridgehead atoms. The van der Waals surface area contributed by atoms with Gasteiger partial charge in [0.25, 0.3) is 0 Å². The summed E-state index contributed by atoms with van der Waals surface area (Å²) in [5.74, 6) is 0.855. The summed E-state index contributed by atoms with van der Waals surface area (Å²) in [6.45, 7) is 9.45. The Morgan fingerprint density at radius 2 is 2.10 bits per heavy atom. The van der Waals surface area contributed by atoms with E-state index in [0.29, 0.717) is 29.6 Å². The van der Waals surface area contributed by atoms with E-state index in [1.807, 2.05) is 45.9 Å². The van der Waals surface area contributed by atoms with Gasteiger partial charge < -0.3 is 10.0 Å². The van der Waals surface area contributed by atoms with E-state index in [4.69, 9.17) is 4.99 Å². The number of aliphatic hydroxyl groups is 1. The van der Waals surface area contributed by atoms with E-state index in [2.05, 4.69) is 24.8 Å². The van der Waals surface area contributed by atoms with Crippen molar-refractivity contribution in [3.8, 4) is 0 Å². The van der Waals surface area contributed by atoms with Gasteiger partial charge in [0.2, 0.25) is 16.7 Å². The number of aliphatic imine (C=N–C) groups is 1. The van der Waals surface area contributed by atoms with Crippen LogP contribution in [0.4, 0.5) is 11.4 Å². The van der Waals surface area contributed by atoms with Crippen LogP contribution in [0.15, 0.2) is 28.3 Å². The van der Waals surface area contributed by atoms with Gasteiger partial charge >= 0.3 is 0 Å². The minimum Gasteiger partial charge on any atom is -0.395 e. The second-order valence-corrected chi connectivity index (χ2v) is 7.95. The maximum Gasteiger partial charge on any atom is 0.204 e. The highest BCUT2D eigenvalue weighted by molar-refractivity contribution is 7.70. The molecular formula is C19H27N7O3S. The quantitative estimate of drug-likeness (QED) is 0.506. The third-order valence-electron chi connectivity index (χ3n) is 4.90. The number of aryl methyl sites for hydroxylation is 1. The van der Waals surface area contributed by atoms with E-state index < -0.39 is 10.9 Å². The molecule has 10 nitrogen and oxygen atoms in total. The highest BCUT2D eigenvalue weighted by Crippen LogP contribution is 2.27. The average Bonchev–Trinajstić information content (AvgIpc) is 3.24. The number of hydrogen-bond donors (Lipinski definition) is 3. The van der Waals surface area contributed by atoms with Crippen LogP contribution < -0.4 is 9.62 Å². The van der Waals surface area contributed by atoms with E-state index in [-0.39, 0.29) is 19.1 Å². The van der Waals surface area contributed by atoms with Crippen molar-refractivity contribution in [2.75, 3.05) is 31.1 Å². The van der Waals surface area contributed by atoms with Crippen molar-refractivity contribution in [2.45, 2.75) is 33.6 Å². The van der Waals surface area contributed by atoms with Crippen LogP contribution in [0, 0.1) is 6.92 Å². The summed E-state index contributed by atoms with van der Waals surface area (Å²) >= 11 is 0. The SMILES string of the molecule is CCN(CCO)c1ccc(/N=C2/C(C)=Nn3nc(C(C)CN[SH](=O)=O)nc32)c(C)c1. The number of benzene rings is 1. The van der Waals surface area contributed by atoms with E-state index >= 15 is 0 Å². The molecule has 162 valence electrons. The Morgan fingerprint density at radius 1 is 1.33 bits per heavy atom. The Bertz CT molecular complexity index is 1050. The highest BCUT2D eigenvalue weighted by atomic mass is 32.2. The largest absolute Gasteiger partial charge is 0.395 e. The first-order valence-electron chi connectivity index (χ1n) is 9.80. The first kappa shape index (κ1) is 22.1. The molecule has 1 unspecified atom stereocenters. The molecule has 2 N–H and O–H groups in total. The van der Waals surface area contributed by atoms with Crippen LogP contribution >= 0.6 is 0 Å². The van der Waals surface area contributed by atoms with Gasteiger partial charge in [0.1, 0.15) is 5.71 Å². The molecule has 3 rings (SSSR count). The number of anilines is 1. The van der Waals surface area contributed by atoms with Gasteiger partial charge in [-0.15, -0.1) is 9.89 Å². The Hall–Kier alpha value is -2.63. The molecule has 1 aromatic carbocycles. The Balaban J connectivity index is 1.88. The fourth-order valence-corrected chi connectivity index (χ4v) is 3.63. The molecule has 0 amide bonds. The second-order valence-electron chi connectivity index (χ2n) is 7.12. The molecule has 1 aromatic heterocycles. The summed E-state index contributed by atoms with van der Waals surface area (Å²) < 4.78 is 23.9. The monoisotopic (exact) mass is 433 g/mol. The molecule has 2 heterocycles. The van der Waals surface area contributed by atoms with Gasteiger partial charge in [0.15, 0.2) is 5.82 Å². The topological polar surface area (TPSA) is 125 Å². The standard InChI is InChI=1S/C19H27N7O3S/c1-5-25(8-9-27)15-6-7-16(12(2)10-15)21-17-14(4)23-26-19(17)22-18(24-26)13(3)11-20-30(28)29/h6-7,10,13,27,30H,5,8-9,11H2,1-4H3,(H,20,28,29)/b21-17-. The molecule has 1 aliphatic heterocycles. The summed E-state index contributed by atoms with van der Waals surface area (Å²) in [6.07, 6.45) is 0. The molecule has 0 fully saturated rings. The molecule has 1 atom stereocenters. The van der Waals surface area contributed by atoms with Crippen molar-refractivity contribution >= 4 is 33.7 Å². The van der Waals surface area contributed by atoms with Gasteiger partial charge in [0, 0.05) is 31.2 Å². The predicted octanol–water partition coefficient (Wildman–Crippen LogP) is 0.983. The van der Waals surface area contributed by atoms with Gasteiger partial charge in [-0.3, -0.25) is 0 Å². The second kappa shape index (κ2) is 9.45. The van der Waals surface area contributed by atoms with Gasteiger partial charge in [-0.25, -0.2) is 23.1 Å². The van der Waals surface area contributed by atoms with Crippen molar-refractivity contribution in [3.05, 3.63) is 35.4 Å². The van der Waals surface area contributed by atoms with Gasteiger partial charge in [0.05, 0.1) is 18.0 Å². The van der Waals surface area contributed by atoms with Crippen LogP contribution in [-0.2, 0) is 10.9 Å². The fraction of sp³-hybridized carbons (Fsp3) is 0.474. The average molecular weight is 434 g/mol. The van der Waals surface area contributed by atoms with Crippen molar-refractivity contribution in [1.82, 2.24) is 19.6 Å². The number of nitrogens with zero attached hydrogens (tertiary/aromatic N) is 6. The molecule has 0 saturated carbocycles. The van der Waals surface area contributed by atoms with E-state index in [0.717, 1.165) is 23.5 Å². The lowest BCUT2D eigenvalue weighted by Gasteiger charge is -2.22. The van der Waals surface area contributed by atoms with Crippen LogP contribution in [0.2, 0.25) is 0 Å². The maximum absolute atomic E-state index is 10.7. The summed E-state index contributed by atoms with van der Waals surface area (Å²) in [5, 5.41) is 18.0. The van der Waals surface area contributed by atoms with Crippen LogP contribution in [0.1, 0.15) is 43.9 Å². The highest BCUT2D eigenvalue weighted by Gasteiger charge is 2.26. The zero-order chi connectivity index (χ0) is 21.8. The molecule has 0 saturated heterocycles. The van der Waals surface area contributed by atoms with Crippen molar-refractivity contribution in [2.24, 2.45) is 10.1 Å². The van der Waals surface area contributed by atoms with Crippen LogP contribution in [-0.4, -0.2) is 66.1 Å². The molecule has 1 aliphatic rings. The number of aromatic nitrogens is 3. The Kier molecular flexibility index (Phi) is 6.95. The fourth-order valence-electron chi connectivity index (χ4n) is 3.20. The molecule has 0 spiro atoms. The molecule has 30 heavy (non-hydrogen) atoms. The minimum absolute atomic E-state index is 0.101. The first-order valence-corrected chi connectivity index (χ1v) is 11.0. The lowest BCUT2D eigenvalue weighted by Crippen LogP contribution is -2.26. The zero-order valence-electron chi connectivity index (χ0n) is 17.5. The van der Waals surface area contributed by atoms with Crippen LogP contribution in [0.3, 0.4) is 0 Å². The Morgan fingerprint density at radius 3 is 2.73 bits per heavy atom. The molecule has 2 aromatic rings. The maximum atomic E-state index is 10.7. The number of rotatable bonds is 9. The van der Waals surface area contributed by atoms with Gasteiger partial charge in [-0.05, 0) is 44.5 Å². The third-order valence-corrected chi connectivity index (χ3v) is 5.34. The number of nitrogens with one attached hydrogen (secondary N) is 1. The zero-order valence-corrected chi connectivity index (χ0v) is 18.4. The molecule has 11 heteroatoms. The first-order chi connectivity index (χ1) is 14.3. The normalized spacial score (nSPS) is 15.5. The summed E-state index contributed by atoms with van der Waals surface area (Å²) in [6, 6.07) is 5.98. The lowest BCUT2D eigenvalue weighted by atomic mass is 10.1. The van der Waals surface area contributed by atoms with E-state index in [9.17, 15) is 13.5 Å². The number of likely N-dealkylation sites (N-methyl/N-ethyl adjacent to an activating group) is 1. The van der Waals surface area contributed by atoms with E-state index in [1.54, 1.807) is 0 Å². The summed E-state index contributed by atoms with van der Waals surface area (Å²) in [5.41, 5.74) is 4.19. The summed E-state index contributed by atoms with van der Waals surface area (Å²) in [7, 11) is -2.66. The number of thiol groups is 1. The number of fused-ring (bicyclic) bond motifs is 1. The van der Waals surface area contributed by atoms with Crippen molar-refractivity contribution in [3.63, 3.8) is 0 Å². The Labute approximate surface area is 177 Å². The van der Waals surface area contributed by atoms with Gasteiger partial charge in [-0.2, -0.15) is 5.10 Å². The third kappa shape index (κ3) is 4.74. The van der Waals surface area contributed by atoms with Crippen molar-refractivity contribution in [1.29, 1.82) is 0 Å². The van der Waals surface area contributed by atoms with Crippen LogP contribution in [0.25, 0.3) is 0 Å². The molecule has 0 radical (unpaired) electrons.